The number of carbonyl (C=O) groups excluding carboxylic acids is 2. The van der Waals surface area contributed by atoms with Crippen molar-refractivity contribution in [3.05, 3.63) is 59.2 Å². The van der Waals surface area contributed by atoms with Crippen molar-refractivity contribution in [3.8, 4) is 0 Å². The van der Waals surface area contributed by atoms with Crippen molar-refractivity contribution in [1.82, 2.24) is 0 Å². The second-order valence-corrected chi connectivity index (χ2v) is 7.79. The molecule has 2 aromatic carbocycles. The topological polar surface area (TPSA) is 98.8 Å². The van der Waals surface area contributed by atoms with E-state index >= 15 is 0 Å². The highest BCUT2D eigenvalue weighted by molar-refractivity contribution is 7.92. The summed E-state index contributed by atoms with van der Waals surface area (Å²) in [5, 5.41) is 0. The Morgan fingerprint density at radius 3 is 1.78 bits per heavy atom. The smallest absolute Gasteiger partial charge is 0.337 e. The summed E-state index contributed by atoms with van der Waals surface area (Å²) in [6, 6.07) is 10.3. The van der Waals surface area contributed by atoms with E-state index in [-0.39, 0.29) is 27.6 Å². The Kier molecular flexibility index (Phi) is 6.22. The minimum absolute atomic E-state index is 0.0215. The molecule has 0 heterocycles. The number of benzene rings is 2. The minimum Gasteiger partial charge on any atom is -0.465 e. The van der Waals surface area contributed by atoms with Crippen molar-refractivity contribution in [3.63, 3.8) is 0 Å². The van der Waals surface area contributed by atoms with Crippen LogP contribution in [0.5, 0.6) is 0 Å². The molecule has 0 fully saturated rings. The molecule has 0 radical (unpaired) electrons. The number of ether oxygens (including phenoxy) is 2. The monoisotopic (exact) mass is 391 g/mol. The van der Waals surface area contributed by atoms with Crippen LogP contribution in [-0.2, 0) is 19.5 Å². The zero-order valence-electron chi connectivity index (χ0n) is 15.5. The van der Waals surface area contributed by atoms with Gasteiger partial charge in [-0.1, -0.05) is 26.0 Å². The highest BCUT2D eigenvalue weighted by Gasteiger charge is 2.19. The van der Waals surface area contributed by atoms with E-state index in [0.29, 0.717) is 0 Å². The lowest BCUT2D eigenvalue weighted by atomic mass is 10.0. The van der Waals surface area contributed by atoms with Crippen LogP contribution in [-0.4, -0.2) is 34.6 Å². The van der Waals surface area contributed by atoms with Gasteiger partial charge in [-0.15, -0.1) is 0 Å². The average molecular weight is 391 g/mol. The molecule has 27 heavy (non-hydrogen) atoms. The van der Waals surface area contributed by atoms with Crippen LogP contribution < -0.4 is 4.72 Å². The Bertz CT molecular complexity index is 914. The lowest BCUT2D eigenvalue weighted by Crippen LogP contribution is -2.15. The number of hydrogen-bond donors (Lipinski definition) is 1. The van der Waals surface area contributed by atoms with Crippen LogP contribution in [0, 0.1) is 0 Å². The van der Waals surface area contributed by atoms with Crippen LogP contribution in [0.15, 0.2) is 47.4 Å². The minimum atomic E-state index is -3.91. The average Bonchev–Trinajstić information content (AvgIpc) is 2.66. The van der Waals surface area contributed by atoms with Gasteiger partial charge in [-0.3, -0.25) is 4.72 Å². The van der Waals surface area contributed by atoms with Crippen LogP contribution >= 0.6 is 0 Å². The molecule has 0 spiro atoms. The maximum atomic E-state index is 12.6. The molecule has 0 aromatic heterocycles. The fourth-order valence-electron chi connectivity index (χ4n) is 2.40. The van der Waals surface area contributed by atoms with Gasteiger partial charge >= 0.3 is 11.9 Å². The largest absolute Gasteiger partial charge is 0.465 e. The maximum Gasteiger partial charge on any atom is 0.337 e. The number of esters is 2. The van der Waals surface area contributed by atoms with Gasteiger partial charge in [-0.05, 0) is 41.8 Å². The van der Waals surface area contributed by atoms with Crippen molar-refractivity contribution < 1.29 is 27.5 Å². The molecule has 0 amide bonds. The first kappa shape index (κ1) is 20.4. The Hall–Kier alpha value is -2.87. The molecule has 0 bridgehead atoms. The zero-order chi connectivity index (χ0) is 20.2. The third kappa shape index (κ3) is 4.85. The molecule has 0 saturated carbocycles. The fourth-order valence-corrected chi connectivity index (χ4v) is 3.44. The molecule has 0 aliphatic carbocycles. The Labute approximate surface area is 158 Å². The van der Waals surface area contributed by atoms with Crippen molar-refractivity contribution in [2.75, 3.05) is 18.9 Å². The molecule has 0 aliphatic heterocycles. The van der Waals surface area contributed by atoms with Crippen molar-refractivity contribution in [2.24, 2.45) is 0 Å². The first-order chi connectivity index (χ1) is 12.7. The van der Waals surface area contributed by atoms with Gasteiger partial charge in [-0.25, -0.2) is 18.0 Å². The standard InChI is InChI=1S/C19H21NO6S/c1-12(2)13-5-7-17(8-6-13)27(23,24)20-16-10-14(18(21)25-3)9-15(11-16)19(22)26-4/h5-12,20H,1-4H3. The molecule has 1 N–H and O–H groups in total. The quantitative estimate of drug-likeness (QED) is 0.760. The van der Waals surface area contributed by atoms with E-state index in [9.17, 15) is 18.0 Å². The highest BCUT2D eigenvalue weighted by Crippen LogP contribution is 2.22. The summed E-state index contributed by atoms with van der Waals surface area (Å²) in [6.45, 7) is 4.02. The van der Waals surface area contributed by atoms with Gasteiger partial charge in [0.05, 0.1) is 35.9 Å². The first-order valence-corrected chi connectivity index (χ1v) is 9.60. The molecule has 0 saturated heterocycles. The molecule has 0 unspecified atom stereocenters. The summed E-state index contributed by atoms with van der Waals surface area (Å²) >= 11 is 0. The number of carbonyl (C=O) groups is 2. The molecule has 2 aromatic rings. The van der Waals surface area contributed by atoms with Gasteiger partial charge in [-0.2, -0.15) is 0 Å². The summed E-state index contributed by atoms with van der Waals surface area (Å²) in [5.41, 5.74) is 1.10. The van der Waals surface area contributed by atoms with Gasteiger partial charge in [0.2, 0.25) is 0 Å². The molecule has 144 valence electrons. The summed E-state index contributed by atoms with van der Waals surface area (Å²) < 4.78 is 36.9. The van der Waals surface area contributed by atoms with Crippen molar-refractivity contribution in [2.45, 2.75) is 24.7 Å². The number of nitrogens with one attached hydrogen (secondary N) is 1. The predicted octanol–water partition coefficient (Wildman–Crippen LogP) is 3.18. The second kappa shape index (κ2) is 8.22. The van der Waals surface area contributed by atoms with Crippen LogP contribution in [0.1, 0.15) is 46.0 Å². The number of rotatable bonds is 6. The summed E-state index contributed by atoms with van der Waals surface area (Å²) in [6.07, 6.45) is 0. The molecule has 8 heteroatoms. The highest BCUT2D eigenvalue weighted by atomic mass is 32.2. The summed E-state index contributed by atoms with van der Waals surface area (Å²) in [7, 11) is -1.53. The third-order valence-corrected chi connectivity index (χ3v) is 5.28. The first-order valence-electron chi connectivity index (χ1n) is 8.12. The molecule has 7 nitrogen and oxygen atoms in total. The van der Waals surface area contributed by atoms with Gasteiger partial charge < -0.3 is 9.47 Å². The molecule has 2 rings (SSSR count). The van der Waals surface area contributed by atoms with Crippen LogP contribution in [0.2, 0.25) is 0 Å². The molecular weight excluding hydrogens is 370 g/mol. The summed E-state index contributed by atoms with van der Waals surface area (Å²) in [4.78, 5) is 23.7. The van der Waals surface area contributed by atoms with E-state index in [1.54, 1.807) is 12.1 Å². The Morgan fingerprint density at radius 2 is 1.37 bits per heavy atom. The number of methoxy groups -OCH3 is 2. The van der Waals surface area contributed by atoms with Crippen molar-refractivity contribution in [1.29, 1.82) is 0 Å². The zero-order valence-corrected chi connectivity index (χ0v) is 16.3. The van der Waals surface area contributed by atoms with Gasteiger partial charge in [0.1, 0.15) is 0 Å². The predicted molar refractivity (Wildman–Crippen MR) is 100 cm³/mol. The molecular formula is C19H21NO6S. The normalized spacial score (nSPS) is 11.1. The SMILES string of the molecule is COC(=O)c1cc(NS(=O)(=O)c2ccc(C(C)C)cc2)cc(C(=O)OC)c1. The van der Waals surface area contributed by atoms with E-state index < -0.39 is 22.0 Å². The number of sulfonamides is 1. The number of anilines is 1. The van der Waals surface area contributed by atoms with Crippen LogP contribution in [0.3, 0.4) is 0 Å². The van der Waals surface area contributed by atoms with Crippen LogP contribution in [0.4, 0.5) is 5.69 Å². The lowest BCUT2D eigenvalue weighted by molar-refractivity contribution is 0.0599. The summed E-state index contributed by atoms with van der Waals surface area (Å²) in [5.74, 6) is -1.14. The fraction of sp³-hybridized carbons (Fsp3) is 0.263. The van der Waals surface area contributed by atoms with E-state index in [1.807, 2.05) is 13.8 Å². The maximum absolute atomic E-state index is 12.6. The third-order valence-electron chi connectivity index (χ3n) is 3.88. The second-order valence-electron chi connectivity index (χ2n) is 6.11. The van der Waals surface area contributed by atoms with Gasteiger partial charge in [0.15, 0.2) is 0 Å². The van der Waals surface area contributed by atoms with E-state index in [2.05, 4.69) is 14.2 Å². The van der Waals surface area contributed by atoms with Gasteiger partial charge in [0, 0.05) is 0 Å². The van der Waals surface area contributed by atoms with E-state index in [4.69, 9.17) is 0 Å². The Morgan fingerprint density at radius 1 is 0.889 bits per heavy atom. The van der Waals surface area contributed by atoms with Gasteiger partial charge in [0.25, 0.3) is 10.0 Å². The van der Waals surface area contributed by atoms with Crippen molar-refractivity contribution >= 4 is 27.6 Å². The van der Waals surface area contributed by atoms with E-state index in [0.717, 1.165) is 5.56 Å². The molecule has 0 atom stereocenters. The van der Waals surface area contributed by atoms with Crippen LogP contribution in [0.25, 0.3) is 0 Å². The van der Waals surface area contributed by atoms with E-state index in [1.165, 1.54) is 44.6 Å². The molecule has 0 aliphatic rings. The Balaban J connectivity index is 2.41. The lowest BCUT2D eigenvalue weighted by Gasteiger charge is -2.12. The number of hydrogen-bond acceptors (Lipinski definition) is 6.